The average molecular weight is 283 g/mol. The average Bonchev–Trinajstić information content (AvgIpc) is 2.46. The third-order valence-corrected chi connectivity index (χ3v) is 3.45. The molecule has 0 saturated carbocycles. The van der Waals surface area contributed by atoms with Crippen molar-refractivity contribution < 1.29 is 17.9 Å². The van der Waals surface area contributed by atoms with Crippen LogP contribution in [-0.2, 0) is 10.9 Å². The fourth-order valence-electron chi connectivity index (χ4n) is 2.14. The van der Waals surface area contributed by atoms with Gasteiger partial charge in [-0.15, -0.1) is 0 Å². The maximum absolute atomic E-state index is 12.4. The van der Waals surface area contributed by atoms with E-state index in [9.17, 15) is 13.2 Å². The Kier molecular flexibility index (Phi) is 4.36. The molecule has 0 amide bonds. The van der Waals surface area contributed by atoms with Gasteiger partial charge in [0.25, 0.3) is 0 Å². The predicted octanol–water partition coefficient (Wildman–Crippen LogP) is 2.83. The minimum absolute atomic E-state index is 0.492. The van der Waals surface area contributed by atoms with Gasteiger partial charge < -0.3 is 10.1 Å². The molecule has 1 saturated heterocycles. The van der Waals surface area contributed by atoms with Crippen LogP contribution in [0.2, 0.25) is 0 Å². The van der Waals surface area contributed by atoms with Crippen molar-refractivity contribution in [1.29, 1.82) is 0 Å². The number of nitrogens with one attached hydrogen (secondary N) is 1. The summed E-state index contributed by atoms with van der Waals surface area (Å²) in [5.41, 5.74) is -0.590. The summed E-state index contributed by atoms with van der Waals surface area (Å²) in [6.45, 7) is 1.66. The Bertz CT molecular complexity index is 505. The molecule has 0 aromatic heterocycles. The molecule has 0 bridgehead atoms. The van der Waals surface area contributed by atoms with E-state index in [2.05, 4.69) is 17.2 Å². The van der Waals surface area contributed by atoms with E-state index >= 15 is 0 Å². The summed E-state index contributed by atoms with van der Waals surface area (Å²) in [5, 5.41) is 3.22. The lowest BCUT2D eigenvalue weighted by atomic mass is 9.92. The van der Waals surface area contributed by atoms with Crippen molar-refractivity contribution in [3.8, 4) is 11.8 Å². The summed E-state index contributed by atoms with van der Waals surface area (Å²) < 4.78 is 42.8. The van der Waals surface area contributed by atoms with E-state index in [0.29, 0.717) is 5.56 Å². The first kappa shape index (κ1) is 14.9. The third-order valence-electron chi connectivity index (χ3n) is 3.45. The maximum atomic E-state index is 12.4. The quantitative estimate of drug-likeness (QED) is 0.800. The van der Waals surface area contributed by atoms with Gasteiger partial charge in [-0.2, -0.15) is 13.2 Å². The lowest BCUT2D eigenvalue weighted by Crippen LogP contribution is -2.42. The van der Waals surface area contributed by atoms with Crippen LogP contribution in [0.15, 0.2) is 24.3 Å². The number of hydrogen-bond acceptors (Lipinski definition) is 2. The molecule has 108 valence electrons. The fraction of sp³-hybridized carbons (Fsp3) is 0.467. The molecule has 0 spiro atoms. The molecule has 1 N–H and O–H groups in total. The molecule has 0 radical (unpaired) electrons. The first-order chi connectivity index (χ1) is 9.45. The van der Waals surface area contributed by atoms with Crippen LogP contribution in [0.4, 0.5) is 13.2 Å². The van der Waals surface area contributed by atoms with Crippen LogP contribution >= 0.6 is 0 Å². The Labute approximate surface area is 116 Å². The molecule has 5 heteroatoms. The number of halogens is 3. The van der Waals surface area contributed by atoms with Crippen molar-refractivity contribution in [1.82, 2.24) is 5.32 Å². The van der Waals surface area contributed by atoms with Gasteiger partial charge in [0.05, 0.1) is 5.56 Å². The van der Waals surface area contributed by atoms with E-state index in [1.54, 1.807) is 7.11 Å². The highest BCUT2D eigenvalue weighted by Gasteiger charge is 2.30. The van der Waals surface area contributed by atoms with E-state index in [4.69, 9.17) is 4.74 Å². The highest BCUT2D eigenvalue weighted by molar-refractivity contribution is 5.38. The summed E-state index contributed by atoms with van der Waals surface area (Å²) in [5.74, 6) is 5.98. The zero-order chi connectivity index (χ0) is 14.6. The Morgan fingerprint density at radius 1 is 1.15 bits per heavy atom. The zero-order valence-electron chi connectivity index (χ0n) is 11.2. The normalized spacial score (nSPS) is 18.2. The molecule has 1 heterocycles. The van der Waals surface area contributed by atoms with Gasteiger partial charge in [-0.05, 0) is 37.4 Å². The topological polar surface area (TPSA) is 21.3 Å². The maximum Gasteiger partial charge on any atom is 0.416 e. The van der Waals surface area contributed by atoms with E-state index in [1.165, 1.54) is 12.1 Å². The van der Waals surface area contributed by atoms with Crippen LogP contribution in [0.3, 0.4) is 0 Å². The van der Waals surface area contributed by atoms with Crippen LogP contribution in [0, 0.1) is 11.8 Å². The molecular formula is C15H16F3NO. The second kappa shape index (κ2) is 5.86. The molecule has 2 rings (SSSR count). The fourth-order valence-corrected chi connectivity index (χ4v) is 2.14. The van der Waals surface area contributed by atoms with Crippen LogP contribution in [-0.4, -0.2) is 25.8 Å². The van der Waals surface area contributed by atoms with E-state index < -0.39 is 17.3 Å². The molecule has 0 unspecified atom stereocenters. The van der Waals surface area contributed by atoms with Crippen LogP contribution in [0.25, 0.3) is 0 Å². The van der Waals surface area contributed by atoms with Crippen molar-refractivity contribution in [2.24, 2.45) is 0 Å². The van der Waals surface area contributed by atoms with Gasteiger partial charge >= 0.3 is 6.18 Å². The summed E-state index contributed by atoms with van der Waals surface area (Å²) >= 11 is 0. The zero-order valence-corrected chi connectivity index (χ0v) is 11.2. The number of methoxy groups -OCH3 is 1. The molecule has 0 aliphatic carbocycles. The standard InChI is InChI=1S/C15H16F3NO/c1-20-14(8-10-19-11-9-14)7-6-12-2-4-13(5-3-12)15(16,17)18/h2-5,19H,8-11H2,1H3. The van der Waals surface area contributed by atoms with Gasteiger partial charge in [0.15, 0.2) is 0 Å². The summed E-state index contributed by atoms with van der Waals surface area (Å²) in [7, 11) is 1.62. The predicted molar refractivity (Wildman–Crippen MR) is 70.2 cm³/mol. The molecule has 1 aromatic carbocycles. The minimum atomic E-state index is -4.31. The Morgan fingerprint density at radius 3 is 2.25 bits per heavy atom. The smallest absolute Gasteiger partial charge is 0.365 e. The monoisotopic (exact) mass is 283 g/mol. The van der Waals surface area contributed by atoms with Gasteiger partial charge in [0.2, 0.25) is 0 Å². The summed E-state index contributed by atoms with van der Waals surface area (Å²) in [6.07, 6.45) is -2.76. The van der Waals surface area contributed by atoms with Crippen LogP contribution < -0.4 is 5.32 Å². The first-order valence-electron chi connectivity index (χ1n) is 6.41. The van der Waals surface area contributed by atoms with Crippen molar-refractivity contribution >= 4 is 0 Å². The van der Waals surface area contributed by atoms with Crippen molar-refractivity contribution in [3.63, 3.8) is 0 Å². The van der Waals surface area contributed by atoms with Crippen molar-refractivity contribution in [2.75, 3.05) is 20.2 Å². The summed E-state index contributed by atoms with van der Waals surface area (Å²) in [6, 6.07) is 4.87. The largest absolute Gasteiger partial charge is 0.416 e. The van der Waals surface area contributed by atoms with Gasteiger partial charge in [-0.1, -0.05) is 11.8 Å². The molecule has 1 aromatic rings. The molecular weight excluding hydrogens is 267 g/mol. The second-order valence-electron chi connectivity index (χ2n) is 4.77. The second-order valence-corrected chi connectivity index (χ2v) is 4.77. The van der Waals surface area contributed by atoms with Gasteiger partial charge in [0, 0.05) is 25.5 Å². The number of alkyl halides is 3. The van der Waals surface area contributed by atoms with Gasteiger partial charge in [-0.25, -0.2) is 0 Å². The number of rotatable bonds is 1. The van der Waals surface area contributed by atoms with Gasteiger partial charge in [0.1, 0.15) is 5.60 Å². The molecule has 2 nitrogen and oxygen atoms in total. The number of ether oxygens (including phenoxy) is 1. The molecule has 0 atom stereocenters. The van der Waals surface area contributed by atoms with E-state index in [1.807, 2.05) is 0 Å². The number of hydrogen-bond donors (Lipinski definition) is 1. The lowest BCUT2D eigenvalue weighted by molar-refractivity contribution is -0.137. The van der Waals surface area contributed by atoms with Crippen molar-refractivity contribution in [3.05, 3.63) is 35.4 Å². The molecule has 1 fully saturated rings. The van der Waals surface area contributed by atoms with E-state index in [0.717, 1.165) is 38.1 Å². The third kappa shape index (κ3) is 3.53. The first-order valence-corrected chi connectivity index (χ1v) is 6.41. The molecule has 1 aliphatic rings. The number of piperidine rings is 1. The minimum Gasteiger partial charge on any atom is -0.365 e. The van der Waals surface area contributed by atoms with E-state index in [-0.39, 0.29) is 0 Å². The number of benzene rings is 1. The Hall–Kier alpha value is -1.51. The highest BCUT2D eigenvalue weighted by Crippen LogP contribution is 2.29. The molecule has 1 aliphatic heterocycles. The highest BCUT2D eigenvalue weighted by atomic mass is 19.4. The Balaban J connectivity index is 2.16. The van der Waals surface area contributed by atoms with Crippen LogP contribution in [0.1, 0.15) is 24.0 Å². The SMILES string of the molecule is COC1(C#Cc2ccc(C(F)(F)F)cc2)CCNCC1. The summed E-state index contributed by atoms with van der Waals surface area (Å²) in [4.78, 5) is 0. The van der Waals surface area contributed by atoms with Crippen LogP contribution in [0.5, 0.6) is 0 Å². The Morgan fingerprint density at radius 2 is 1.75 bits per heavy atom. The van der Waals surface area contributed by atoms with Crippen molar-refractivity contribution in [2.45, 2.75) is 24.6 Å². The molecule has 20 heavy (non-hydrogen) atoms. The lowest BCUT2D eigenvalue weighted by Gasteiger charge is -2.31. The van der Waals surface area contributed by atoms with Gasteiger partial charge in [-0.3, -0.25) is 0 Å².